The lowest BCUT2D eigenvalue weighted by atomic mass is 10.1. The van der Waals surface area contributed by atoms with Crippen LogP contribution in [0.3, 0.4) is 0 Å². The second-order valence-electron chi connectivity index (χ2n) is 4.36. The van der Waals surface area contributed by atoms with Gasteiger partial charge in [-0.25, -0.2) is 0 Å². The van der Waals surface area contributed by atoms with Crippen LogP contribution in [0.5, 0.6) is 0 Å². The summed E-state index contributed by atoms with van der Waals surface area (Å²) in [6, 6.07) is 2.21. The molecule has 1 aromatic rings. The molecule has 17 heavy (non-hydrogen) atoms. The second kappa shape index (κ2) is 8.08. The molecule has 2 nitrogen and oxygen atoms in total. The fourth-order valence-corrected chi connectivity index (χ4v) is 3.01. The number of carbonyl (C=O) groups is 1. The van der Waals surface area contributed by atoms with Crippen LogP contribution in [0.2, 0.25) is 0 Å². The quantitative estimate of drug-likeness (QED) is 0.562. The maximum atomic E-state index is 11.8. The number of rotatable bonds is 7. The summed E-state index contributed by atoms with van der Waals surface area (Å²) in [5, 5.41) is 4.97. The van der Waals surface area contributed by atoms with Gasteiger partial charge in [-0.15, -0.1) is 11.3 Å². The predicted molar refractivity (Wildman–Crippen MR) is 82.7 cm³/mol. The molecule has 0 saturated heterocycles. The minimum atomic E-state index is 0.0622. The second-order valence-corrected chi connectivity index (χ2v) is 7.17. The van der Waals surface area contributed by atoms with Gasteiger partial charge in [0.25, 0.3) is 5.91 Å². The Morgan fingerprint density at radius 1 is 1.47 bits per heavy atom. The molecule has 96 valence electrons. The summed E-state index contributed by atoms with van der Waals surface area (Å²) in [5.74, 6) is 0.0622. The molecule has 1 rings (SSSR count). The lowest BCUT2D eigenvalue weighted by Crippen LogP contribution is -2.32. The molecule has 1 atom stereocenters. The van der Waals surface area contributed by atoms with Gasteiger partial charge in [0, 0.05) is 11.4 Å². The fraction of sp³-hybridized carbons (Fsp3) is 0.615. The number of hydrogen-bond donors (Lipinski definition) is 1. The zero-order valence-corrected chi connectivity index (χ0v) is 13.4. The van der Waals surface area contributed by atoms with Crippen molar-refractivity contribution in [3.8, 4) is 0 Å². The third-order valence-corrected chi connectivity index (χ3v) is 4.49. The minimum absolute atomic E-state index is 0.0622. The Labute approximate surface area is 121 Å². The van der Waals surface area contributed by atoms with Crippen LogP contribution in [0.4, 0.5) is 0 Å². The molecule has 1 amide bonds. The fourth-order valence-electron chi connectivity index (χ4n) is 1.69. The third-order valence-electron chi connectivity index (χ3n) is 2.70. The number of nitrogens with one attached hydrogen (secondary N) is 1. The summed E-state index contributed by atoms with van der Waals surface area (Å²) in [7, 11) is 0. The zero-order chi connectivity index (χ0) is 12.7. The van der Waals surface area contributed by atoms with E-state index in [0.717, 1.165) is 14.9 Å². The van der Waals surface area contributed by atoms with Gasteiger partial charge in [0.15, 0.2) is 0 Å². The van der Waals surface area contributed by atoms with Crippen molar-refractivity contribution in [2.75, 3.05) is 0 Å². The Morgan fingerprint density at radius 2 is 2.24 bits per heavy atom. The maximum absolute atomic E-state index is 11.8. The lowest BCUT2D eigenvalue weighted by molar-refractivity contribution is 0.0938. The Bertz CT molecular complexity index is 351. The molecule has 0 aliphatic rings. The molecule has 0 saturated carbocycles. The Hall–Kier alpha value is -0.100. The number of hydrogen-bond acceptors (Lipinski definition) is 2. The highest BCUT2D eigenvalue weighted by molar-refractivity contribution is 14.1. The Kier molecular flexibility index (Phi) is 7.11. The number of amides is 1. The lowest BCUT2D eigenvalue weighted by Gasteiger charge is -2.12. The van der Waals surface area contributed by atoms with Gasteiger partial charge in [-0.2, -0.15) is 0 Å². The van der Waals surface area contributed by atoms with Gasteiger partial charge in [-0.1, -0.05) is 32.6 Å². The van der Waals surface area contributed by atoms with Crippen LogP contribution >= 0.6 is 33.9 Å². The highest BCUT2D eigenvalue weighted by atomic mass is 127. The van der Waals surface area contributed by atoms with E-state index in [-0.39, 0.29) is 11.9 Å². The molecular weight excluding hydrogens is 345 g/mol. The van der Waals surface area contributed by atoms with E-state index in [1.807, 2.05) is 11.4 Å². The zero-order valence-electron chi connectivity index (χ0n) is 10.5. The van der Waals surface area contributed by atoms with E-state index >= 15 is 0 Å². The van der Waals surface area contributed by atoms with E-state index < -0.39 is 0 Å². The number of halogens is 1. The number of carbonyl (C=O) groups excluding carboxylic acids is 1. The molecule has 1 N–H and O–H groups in total. The van der Waals surface area contributed by atoms with Crippen molar-refractivity contribution in [3.63, 3.8) is 0 Å². The van der Waals surface area contributed by atoms with Gasteiger partial charge in [-0.3, -0.25) is 4.79 Å². The average Bonchev–Trinajstić information content (AvgIpc) is 2.71. The minimum Gasteiger partial charge on any atom is -0.350 e. The molecule has 0 aromatic carbocycles. The molecule has 0 spiro atoms. The Morgan fingerprint density at radius 3 is 2.82 bits per heavy atom. The van der Waals surface area contributed by atoms with Gasteiger partial charge in [0.2, 0.25) is 0 Å². The summed E-state index contributed by atoms with van der Waals surface area (Å²) in [5.41, 5.74) is 0.791. The molecule has 0 aliphatic heterocycles. The van der Waals surface area contributed by atoms with Crippen LogP contribution in [-0.2, 0) is 0 Å². The molecular formula is C13H20INOS. The first-order valence-electron chi connectivity index (χ1n) is 6.18. The molecule has 0 fully saturated rings. The van der Waals surface area contributed by atoms with E-state index in [4.69, 9.17) is 0 Å². The van der Waals surface area contributed by atoms with Gasteiger partial charge in [0.05, 0.1) is 8.45 Å². The largest absolute Gasteiger partial charge is 0.350 e. The van der Waals surface area contributed by atoms with Crippen LogP contribution in [0, 0.1) is 2.88 Å². The normalized spacial score (nSPS) is 12.4. The number of unbranched alkanes of at least 4 members (excludes halogenated alkanes) is 3. The van der Waals surface area contributed by atoms with Crippen molar-refractivity contribution in [2.24, 2.45) is 0 Å². The smallest absolute Gasteiger partial charge is 0.252 e. The SMILES string of the molecule is CCCCCCC(C)NC(=O)c1csc(I)c1. The van der Waals surface area contributed by atoms with E-state index in [0.29, 0.717) is 0 Å². The van der Waals surface area contributed by atoms with Crippen molar-refractivity contribution in [3.05, 3.63) is 19.9 Å². The Balaban J connectivity index is 2.26. The number of thiophene rings is 1. The van der Waals surface area contributed by atoms with Crippen molar-refractivity contribution in [1.29, 1.82) is 0 Å². The molecule has 0 radical (unpaired) electrons. The topological polar surface area (TPSA) is 29.1 Å². The van der Waals surface area contributed by atoms with Crippen LogP contribution in [0.25, 0.3) is 0 Å². The highest BCUT2D eigenvalue weighted by Crippen LogP contribution is 2.16. The standard InChI is InChI=1S/C13H20INOS/c1-3-4-5-6-7-10(2)15-13(16)11-8-12(14)17-9-11/h8-10H,3-7H2,1-2H3,(H,15,16). The van der Waals surface area contributed by atoms with Crippen LogP contribution in [0.1, 0.15) is 56.3 Å². The molecule has 1 aromatic heterocycles. The summed E-state index contributed by atoms with van der Waals surface area (Å²) < 4.78 is 1.16. The van der Waals surface area contributed by atoms with Crippen molar-refractivity contribution < 1.29 is 4.79 Å². The third kappa shape index (κ3) is 5.86. The summed E-state index contributed by atoms with van der Waals surface area (Å²) >= 11 is 3.85. The van der Waals surface area contributed by atoms with Crippen LogP contribution < -0.4 is 5.32 Å². The maximum Gasteiger partial charge on any atom is 0.252 e. The monoisotopic (exact) mass is 365 g/mol. The first kappa shape index (κ1) is 15.0. The van der Waals surface area contributed by atoms with Crippen molar-refractivity contribution >= 4 is 39.8 Å². The van der Waals surface area contributed by atoms with Crippen LogP contribution in [-0.4, -0.2) is 11.9 Å². The summed E-state index contributed by atoms with van der Waals surface area (Å²) in [6.45, 7) is 4.30. The molecule has 1 unspecified atom stereocenters. The molecule has 1 heterocycles. The highest BCUT2D eigenvalue weighted by Gasteiger charge is 2.10. The predicted octanol–water partition coefficient (Wildman–Crippen LogP) is 4.44. The molecule has 0 aliphatic carbocycles. The molecule has 0 bridgehead atoms. The summed E-state index contributed by atoms with van der Waals surface area (Å²) in [4.78, 5) is 11.8. The first-order valence-corrected chi connectivity index (χ1v) is 8.14. The van der Waals surface area contributed by atoms with Gasteiger partial charge < -0.3 is 5.32 Å². The van der Waals surface area contributed by atoms with Crippen molar-refractivity contribution in [2.45, 2.75) is 52.0 Å². The van der Waals surface area contributed by atoms with E-state index in [9.17, 15) is 4.79 Å². The van der Waals surface area contributed by atoms with E-state index in [1.54, 1.807) is 11.3 Å². The van der Waals surface area contributed by atoms with Crippen LogP contribution in [0.15, 0.2) is 11.4 Å². The van der Waals surface area contributed by atoms with E-state index in [1.165, 1.54) is 25.7 Å². The van der Waals surface area contributed by atoms with Crippen molar-refractivity contribution in [1.82, 2.24) is 5.32 Å². The van der Waals surface area contributed by atoms with Gasteiger partial charge >= 0.3 is 0 Å². The average molecular weight is 365 g/mol. The summed E-state index contributed by atoms with van der Waals surface area (Å²) in [6.07, 6.45) is 6.11. The van der Waals surface area contributed by atoms with E-state index in [2.05, 4.69) is 41.8 Å². The molecule has 4 heteroatoms. The van der Waals surface area contributed by atoms with Gasteiger partial charge in [0.1, 0.15) is 0 Å². The first-order chi connectivity index (χ1) is 8.13. The van der Waals surface area contributed by atoms with Gasteiger partial charge in [-0.05, 0) is 42.0 Å².